The number of aliphatic imine (C=N–C) groups is 1. The van der Waals surface area contributed by atoms with Crippen LogP contribution < -0.4 is 33.2 Å². The van der Waals surface area contributed by atoms with E-state index in [1.807, 2.05) is 0 Å². The van der Waals surface area contributed by atoms with Crippen LogP contribution in [0.25, 0.3) is 0 Å². The summed E-state index contributed by atoms with van der Waals surface area (Å²) in [6.07, 6.45) is 2.62. The van der Waals surface area contributed by atoms with Crippen LogP contribution >= 0.6 is 0 Å². The van der Waals surface area contributed by atoms with Gasteiger partial charge >= 0.3 is 11.9 Å². The van der Waals surface area contributed by atoms with Gasteiger partial charge in [0.2, 0.25) is 17.7 Å². The van der Waals surface area contributed by atoms with Gasteiger partial charge in [-0.3, -0.25) is 24.2 Å². The summed E-state index contributed by atoms with van der Waals surface area (Å²) in [5.74, 6) is -5.20. The Hall–Kier alpha value is -4.21. The lowest BCUT2D eigenvalue weighted by molar-refractivity contribution is -0.142. The molecule has 12 N–H and O–H groups in total. The molecule has 1 heterocycles. The molecule has 0 saturated heterocycles. The Balaban J connectivity index is 2.97. The third kappa shape index (κ3) is 11.7. The molecule has 212 valence electrons. The fourth-order valence-corrected chi connectivity index (χ4v) is 3.33. The molecule has 0 aliphatic heterocycles. The smallest absolute Gasteiger partial charge is 0.326 e. The molecule has 0 fully saturated rings. The molecule has 16 heteroatoms. The van der Waals surface area contributed by atoms with Crippen molar-refractivity contribution in [2.45, 2.75) is 70.1 Å². The molecule has 1 rings (SSSR count). The zero-order chi connectivity index (χ0) is 28.8. The molecule has 0 spiro atoms. The Bertz CT molecular complexity index is 978. The second-order valence-electron chi connectivity index (χ2n) is 8.96. The zero-order valence-electron chi connectivity index (χ0n) is 21.3. The third-order valence-corrected chi connectivity index (χ3v) is 5.42. The standard InChI is InChI=1S/C22H37N9O7/c1-11(2)17(20(36)30-15(21(37)38)8-12-9-26-10-28-12)31-19(35)14(4-3-7-27-22(24)25)29-18(34)13(23)5-6-16(32)33/h9-11,13-15,17H,3-8,23H2,1-2H3,(H,26,28)(H,29,34)(H,30,36)(H,31,35)(H,32,33)(H,37,38)(H4,24,25,27). The van der Waals surface area contributed by atoms with E-state index in [2.05, 4.69) is 30.9 Å². The van der Waals surface area contributed by atoms with Gasteiger partial charge in [-0.1, -0.05) is 13.8 Å². The molecule has 1 aromatic rings. The number of hydrogen-bond donors (Lipinski definition) is 9. The normalized spacial score (nSPS) is 14.0. The van der Waals surface area contributed by atoms with Gasteiger partial charge in [0.25, 0.3) is 0 Å². The number of rotatable bonds is 17. The van der Waals surface area contributed by atoms with E-state index in [4.69, 9.17) is 22.3 Å². The van der Waals surface area contributed by atoms with E-state index in [0.29, 0.717) is 5.69 Å². The number of aromatic nitrogens is 2. The number of carboxylic acids is 2. The zero-order valence-corrected chi connectivity index (χ0v) is 21.3. The quantitative estimate of drug-likeness (QED) is 0.0561. The number of amides is 3. The Morgan fingerprint density at radius 2 is 1.66 bits per heavy atom. The number of carbonyl (C=O) groups excluding carboxylic acids is 3. The molecule has 0 bridgehead atoms. The van der Waals surface area contributed by atoms with Gasteiger partial charge < -0.3 is 48.3 Å². The Kier molecular flexibility index (Phi) is 13.2. The molecule has 0 aliphatic rings. The van der Waals surface area contributed by atoms with E-state index in [1.54, 1.807) is 13.8 Å². The summed E-state index contributed by atoms with van der Waals surface area (Å²) in [6, 6.07) is -4.75. The molecule has 38 heavy (non-hydrogen) atoms. The first kappa shape index (κ1) is 31.8. The molecule has 1 aromatic heterocycles. The van der Waals surface area contributed by atoms with E-state index in [0.717, 1.165) is 0 Å². The van der Waals surface area contributed by atoms with Crippen LogP contribution in [-0.4, -0.2) is 86.5 Å². The number of H-pyrrole nitrogens is 1. The second-order valence-corrected chi connectivity index (χ2v) is 8.96. The van der Waals surface area contributed by atoms with Gasteiger partial charge in [0.1, 0.15) is 18.1 Å². The number of aliphatic carboxylic acids is 2. The number of carboxylic acid groups (broad SMARTS) is 2. The molecule has 16 nitrogen and oxygen atoms in total. The number of carbonyl (C=O) groups is 5. The molecule has 3 amide bonds. The summed E-state index contributed by atoms with van der Waals surface area (Å²) < 4.78 is 0. The molecule has 0 aliphatic carbocycles. The highest BCUT2D eigenvalue weighted by Crippen LogP contribution is 2.08. The minimum atomic E-state index is -1.29. The average Bonchev–Trinajstić information content (AvgIpc) is 3.34. The SMILES string of the molecule is CC(C)C(NC(=O)C(CCCN=C(N)N)NC(=O)C(N)CCC(=O)O)C(=O)NC(Cc1cnc[nH]1)C(=O)O. The van der Waals surface area contributed by atoms with Crippen molar-refractivity contribution in [2.24, 2.45) is 28.1 Å². The van der Waals surface area contributed by atoms with Crippen LogP contribution in [-0.2, 0) is 30.4 Å². The van der Waals surface area contributed by atoms with Crippen molar-refractivity contribution in [3.8, 4) is 0 Å². The molecule has 4 unspecified atom stereocenters. The van der Waals surface area contributed by atoms with Crippen LogP contribution in [0, 0.1) is 5.92 Å². The minimum absolute atomic E-state index is 0.0580. The topological polar surface area (TPSA) is 281 Å². The lowest BCUT2D eigenvalue weighted by Gasteiger charge is -2.27. The number of hydrogen-bond acceptors (Lipinski definition) is 8. The molecule has 0 aromatic carbocycles. The first-order valence-electron chi connectivity index (χ1n) is 12.0. The number of guanidine groups is 1. The maximum Gasteiger partial charge on any atom is 0.326 e. The lowest BCUT2D eigenvalue weighted by atomic mass is 10.0. The molecule has 0 radical (unpaired) electrons. The minimum Gasteiger partial charge on any atom is -0.481 e. The van der Waals surface area contributed by atoms with Gasteiger partial charge in [-0.25, -0.2) is 9.78 Å². The fourth-order valence-electron chi connectivity index (χ4n) is 3.33. The van der Waals surface area contributed by atoms with Gasteiger partial charge in [0.05, 0.1) is 12.4 Å². The van der Waals surface area contributed by atoms with Crippen LogP contribution in [0.4, 0.5) is 0 Å². The van der Waals surface area contributed by atoms with E-state index in [1.165, 1.54) is 12.5 Å². The third-order valence-electron chi connectivity index (χ3n) is 5.42. The van der Waals surface area contributed by atoms with Gasteiger partial charge in [-0.05, 0) is 25.2 Å². The number of aromatic amines is 1. The number of imidazole rings is 1. The number of nitrogens with zero attached hydrogens (tertiary/aromatic N) is 2. The molecule has 0 saturated carbocycles. The van der Waals surface area contributed by atoms with E-state index >= 15 is 0 Å². The summed E-state index contributed by atoms with van der Waals surface area (Å²) in [6.45, 7) is 3.47. The van der Waals surface area contributed by atoms with E-state index in [-0.39, 0.29) is 44.6 Å². The predicted molar refractivity (Wildman–Crippen MR) is 135 cm³/mol. The summed E-state index contributed by atoms with van der Waals surface area (Å²) in [4.78, 5) is 71.5. The largest absolute Gasteiger partial charge is 0.481 e. The van der Waals surface area contributed by atoms with Crippen molar-refractivity contribution >= 4 is 35.6 Å². The van der Waals surface area contributed by atoms with Crippen molar-refractivity contribution in [1.29, 1.82) is 0 Å². The Morgan fingerprint density at radius 3 is 2.18 bits per heavy atom. The number of nitrogens with one attached hydrogen (secondary N) is 4. The highest BCUT2D eigenvalue weighted by molar-refractivity contribution is 5.94. The van der Waals surface area contributed by atoms with Crippen LogP contribution in [0.3, 0.4) is 0 Å². The van der Waals surface area contributed by atoms with Crippen molar-refractivity contribution in [3.63, 3.8) is 0 Å². The average molecular weight is 540 g/mol. The molecule has 4 atom stereocenters. The van der Waals surface area contributed by atoms with Crippen molar-refractivity contribution in [2.75, 3.05) is 6.54 Å². The molecular weight excluding hydrogens is 502 g/mol. The Morgan fingerprint density at radius 1 is 1.00 bits per heavy atom. The van der Waals surface area contributed by atoms with Crippen LogP contribution in [0.2, 0.25) is 0 Å². The van der Waals surface area contributed by atoms with Crippen molar-refractivity contribution < 1.29 is 34.2 Å². The summed E-state index contributed by atoms with van der Waals surface area (Å²) in [5, 5.41) is 25.8. The highest BCUT2D eigenvalue weighted by atomic mass is 16.4. The van der Waals surface area contributed by atoms with Gasteiger partial charge in [0, 0.05) is 31.3 Å². The van der Waals surface area contributed by atoms with Crippen LogP contribution in [0.15, 0.2) is 17.5 Å². The van der Waals surface area contributed by atoms with Crippen LogP contribution in [0.5, 0.6) is 0 Å². The van der Waals surface area contributed by atoms with Crippen molar-refractivity contribution in [3.05, 3.63) is 18.2 Å². The lowest BCUT2D eigenvalue weighted by Crippen LogP contribution is -2.58. The summed E-state index contributed by atoms with van der Waals surface area (Å²) >= 11 is 0. The number of nitrogens with two attached hydrogens (primary N) is 3. The first-order valence-corrected chi connectivity index (χ1v) is 12.0. The highest BCUT2D eigenvalue weighted by Gasteiger charge is 2.32. The monoisotopic (exact) mass is 539 g/mol. The fraction of sp³-hybridized carbons (Fsp3) is 0.591. The second kappa shape index (κ2) is 15.8. The first-order chi connectivity index (χ1) is 17.8. The van der Waals surface area contributed by atoms with Crippen molar-refractivity contribution in [1.82, 2.24) is 25.9 Å². The summed E-state index contributed by atoms with van der Waals surface area (Å²) in [7, 11) is 0. The predicted octanol–water partition coefficient (Wildman–Crippen LogP) is -2.61. The maximum atomic E-state index is 13.1. The Labute approximate surface area is 219 Å². The van der Waals surface area contributed by atoms with Gasteiger partial charge in [-0.2, -0.15) is 0 Å². The van der Waals surface area contributed by atoms with E-state index in [9.17, 15) is 29.1 Å². The molecular formula is C22H37N9O7. The van der Waals surface area contributed by atoms with E-state index < -0.39 is 59.7 Å². The van der Waals surface area contributed by atoms with Crippen LogP contribution in [0.1, 0.15) is 45.2 Å². The maximum absolute atomic E-state index is 13.1. The van der Waals surface area contributed by atoms with Gasteiger partial charge in [-0.15, -0.1) is 0 Å². The van der Waals surface area contributed by atoms with Gasteiger partial charge in [0.15, 0.2) is 5.96 Å². The summed E-state index contributed by atoms with van der Waals surface area (Å²) in [5.41, 5.74) is 16.9.